The van der Waals surface area contributed by atoms with Gasteiger partial charge in [0.25, 0.3) is 0 Å². The molecule has 0 saturated heterocycles. The second-order valence-corrected chi connectivity index (χ2v) is 5.23. The van der Waals surface area contributed by atoms with Crippen molar-refractivity contribution in [1.29, 1.82) is 0 Å². The second-order valence-electron chi connectivity index (χ2n) is 5.23. The summed E-state index contributed by atoms with van der Waals surface area (Å²) in [6.07, 6.45) is 0.138. The molecule has 1 aromatic carbocycles. The van der Waals surface area contributed by atoms with Gasteiger partial charge >= 0.3 is 0 Å². The molecule has 0 spiro atoms. The lowest BCUT2D eigenvalue weighted by Gasteiger charge is -2.09. The molecule has 0 aliphatic rings. The average molecular weight is 275 g/mol. The molecule has 0 amide bonds. The van der Waals surface area contributed by atoms with Gasteiger partial charge in [0.15, 0.2) is 0 Å². The van der Waals surface area contributed by atoms with Gasteiger partial charge in [-0.25, -0.2) is 0 Å². The molecule has 0 saturated carbocycles. The number of ether oxygens (including phenoxy) is 1. The summed E-state index contributed by atoms with van der Waals surface area (Å²) in [6.45, 7) is 8.71. The molecule has 2 rings (SSSR count). The topological polar surface area (TPSA) is 60.2 Å². The van der Waals surface area contributed by atoms with Crippen molar-refractivity contribution in [3.05, 3.63) is 30.2 Å². The number of aromatic nitrogens is 2. The SMILES string of the molecule is CC(C)NCc1nnc(-c2cccc(OC(C)C)c2)o1. The largest absolute Gasteiger partial charge is 0.491 e. The van der Waals surface area contributed by atoms with Crippen LogP contribution >= 0.6 is 0 Å². The minimum atomic E-state index is 0.138. The van der Waals surface area contributed by atoms with Crippen molar-refractivity contribution < 1.29 is 9.15 Å². The van der Waals surface area contributed by atoms with Gasteiger partial charge in [-0.2, -0.15) is 0 Å². The maximum Gasteiger partial charge on any atom is 0.247 e. The fourth-order valence-corrected chi connectivity index (χ4v) is 1.71. The molecule has 0 unspecified atom stereocenters. The highest BCUT2D eigenvalue weighted by atomic mass is 16.5. The Labute approximate surface area is 119 Å². The minimum absolute atomic E-state index is 0.138. The van der Waals surface area contributed by atoms with E-state index in [2.05, 4.69) is 29.4 Å². The highest BCUT2D eigenvalue weighted by Crippen LogP contribution is 2.23. The molecular weight excluding hydrogens is 254 g/mol. The smallest absolute Gasteiger partial charge is 0.247 e. The molecule has 1 aromatic heterocycles. The first-order valence-corrected chi connectivity index (χ1v) is 6.87. The van der Waals surface area contributed by atoms with E-state index >= 15 is 0 Å². The number of nitrogens with zero attached hydrogens (tertiary/aromatic N) is 2. The Hall–Kier alpha value is -1.88. The summed E-state index contributed by atoms with van der Waals surface area (Å²) in [4.78, 5) is 0. The highest BCUT2D eigenvalue weighted by molar-refractivity contribution is 5.55. The third kappa shape index (κ3) is 4.06. The standard InChI is InChI=1S/C15H21N3O2/c1-10(2)16-9-14-17-18-15(20-14)12-6-5-7-13(8-12)19-11(3)4/h5-8,10-11,16H,9H2,1-4H3. The normalized spacial score (nSPS) is 11.3. The van der Waals surface area contributed by atoms with Crippen LogP contribution in [0.25, 0.3) is 11.5 Å². The number of nitrogens with one attached hydrogen (secondary N) is 1. The van der Waals surface area contributed by atoms with E-state index in [1.54, 1.807) is 0 Å². The molecule has 20 heavy (non-hydrogen) atoms. The first kappa shape index (κ1) is 14.5. The van der Waals surface area contributed by atoms with Gasteiger partial charge in [-0.3, -0.25) is 0 Å². The van der Waals surface area contributed by atoms with Crippen LogP contribution < -0.4 is 10.1 Å². The zero-order chi connectivity index (χ0) is 14.5. The third-order valence-electron chi connectivity index (χ3n) is 2.58. The van der Waals surface area contributed by atoms with Crippen LogP contribution in [0.5, 0.6) is 5.75 Å². The van der Waals surface area contributed by atoms with Crippen molar-refractivity contribution in [3.63, 3.8) is 0 Å². The highest BCUT2D eigenvalue weighted by Gasteiger charge is 2.10. The summed E-state index contributed by atoms with van der Waals surface area (Å²) < 4.78 is 11.3. The molecule has 0 aliphatic heterocycles. The molecule has 1 heterocycles. The van der Waals surface area contributed by atoms with Crippen molar-refractivity contribution in [2.45, 2.75) is 46.4 Å². The van der Waals surface area contributed by atoms with Crippen LogP contribution in [0.15, 0.2) is 28.7 Å². The van der Waals surface area contributed by atoms with Gasteiger partial charge in [0.05, 0.1) is 12.6 Å². The summed E-state index contributed by atoms with van der Waals surface area (Å²) in [5, 5.41) is 11.4. The molecule has 0 aliphatic carbocycles. The van der Waals surface area contributed by atoms with Gasteiger partial charge in [0, 0.05) is 11.6 Å². The van der Waals surface area contributed by atoms with Crippen LogP contribution in [0.1, 0.15) is 33.6 Å². The van der Waals surface area contributed by atoms with Crippen molar-refractivity contribution in [2.75, 3.05) is 0 Å². The van der Waals surface area contributed by atoms with E-state index in [0.29, 0.717) is 24.4 Å². The monoisotopic (exact) mass is 275 g/mol. The van der Waals surface area contributed by atoms with Crippen molar-refractivity contribution >= 4 is 0 Å². The van der Waals surface area contributed by atoms with Gasteiger partial charge < -0.3 is 14.5 Å². The van der Waals surface area contributed by atoms with Crippen LogP contribution in [-0.4, -0.2) is 22.3 Å². The molecule has 2 aromatic rings. The van der Waals surface area contributed by atoms with Crippen LogP contribution in [-0.2, 0) is 6.54 Å². The fraction of sp³-hybridized carbons (Fsp3) is 0.467. The van der Waals surface area contributed by atoms with Crippen molar-refractivity contribution in [3.8, 4) is 17.2 Å². The molecule has 5 heteroatoms. The van der Waals surface area contributed by atoms with Gasteiger partial charge in [-0.05, 0) is 32.0 Å². The van der Waals surface area contributed by atoms with E-state index in [0.717, 1.165) is 11.3 Å². The van der Waals surface area contributed by atoms with Gasteiger partial charge in [0.2, 0.25) is 11.8 Å². The van der Waals surface area contributed by atoms with Crippen LogP contribution in [0.4, 0.5) is 0 Å². The summed E-state index contributed by atoms with van der Waals surface area (Å²) in [7, 11) is 0. The number of rotatable bonds is 6. The molecule has 0 fully saturated rings. The Bertz CT molecular complexity index is 550. The predicted molar refractivity (Wildman–Crippen MR) is 77.5 cm³/mol. The number of hydrogen-bond acceptors (Lipinski definition) is 5. The predicted octanol–water partition coefficient (Wildman–Crippen LogP) is 3.02. The van der Waals surface area contributed by atoms with Crippen molar-refractivity contribution in [1.82, 2.24) is 15.5 Å². The lowest BCUT2D eigenvalue weighted by atomic mass is 10.2. The van der Waals surface area contributed by atoms with E-state index in [1.807, 2.05) is 38.1 Å². The van der Waals surface area contributed by atoms with Crippen molar-refractivity contribution in [2.24, 2.45) is 0 Å². The minimum Gasteiger partial charge on any atom is -0.491 e. The summed E-state index contributed by atoms with van der Waals surface area (Å²) in [5.41, 5.74) is 0.867. The lowest BCUT2D eigenvalue weighted by Crippen LogP contribution is -2.21. The summed E-state index contributed by atoms with van der Waals surface area (Å²) in [6, 6.07) is 8.06. The number of hydrogen-bond donors (Lipinski definition) is 1. The first-order chi connectivity index (χ1) is 9.54. The molecule has 0 bridgehead atoms. The summed E-state index contributed by atoms with van der Waals surface area (Å²) >= 11 is 0. The lowest BCUT2D eigenvalue weighted by molar-refractivity contribution is 0.242. The van der Waals surface area contributed by atoms with E-state index in [1.165, 1.54) is 0 Å². The van der Waals surface area contributed by atoms with Gasteiger partial charge in [0.1, 0.15) is 5.75 Å². The zero-order valence-electron chi connectivity index (χ0n) is 12.4. The third-order valence-corrected chi connectivity index (χ3v) is 2.58. The zero-order valence-corrected chi connectivity index (χ0v) is 12.4. The van der Waals surface area contributed by atoms with E-state index in [9.17, 15) is 0 Å². The number of benzene rings is 1. The molecule has 0 radical (unpaired) electrons. The van der Waals surface area contributed by atoms with E-state index < -0.39 is 0 Å². The van der Waals surface area contributed by atoms with Crippen LogP contribution in [0, 0.1) is 0 Å². The quantitative estimate of drug-likeness (QED) is 0.878. The molecule has 5 nitrogen and oxygen atoms in total. The van der Waals surface area contributed by atoms with E-state index in [4.69, 9.17) is 9.15 Å². The Kier molecular flexibility index (Phi) is 4.74. The fourth-order valence-electron chi connectivity index (χ4n) is 1.71. The maximum atomic E-state index is 5.66. The van der Waals surface area contributed by atoms with Gasteiger partial charge in [-0.1, -0.05) is 19.9 Å². The molecule has 0 atom stereocenters. The Balaban J connectivity index is 2.11. The molecule has 1 N–H and O–H groups in total. The Morgan fingerprint density at radius 1 is 1.20 bits per heavy atom. The van der Waals surface area contributed by atoms with Crippen LogP contribution in [0.3, 0.4) is 0 Å². The van der Waals surface area contributed by atoms with E-state index in [-0.39, 0.29) is 6.10 Å². The average Bonchev–Trinajstić information content (AvgIpc) is 2.84. The Morgan fingerprint density at radius 3 is 2.70 bits per heavy atom. The summed E-state index contributed by atoms with van der Waals surface area (Å²) in [5.74, 6) is 1.90. The molecular formula is C15H21N3O2. The Morgan fingerprint density at radius 2 is 2.00 bits per heavy atom. The van der Waals surface area contributed by atoms with Gasteiger partial charge in [-0.15, -0.1) is 10.2 Å². The second kappa shape index (κ2) is 6.52. The first-order valence-electron chi connectivity index (χ1n) is 6.87. The van der Waals surface area contributed by atoms with Crippen LogP contribution in [0.2, 0.25) is 0 Å². The maximum absolute atomic E-state index is 5.66. The molecule has 108 valence electrons.